The predicted octanol–water partition coefficient (Wildman–Crippen LogP) is 1.78. The Morgan fingerprint density at radius 1 is 1.15 bits per heavy atom. The first kappa shape index (κ1) is 20.3. The highest BCUT2D eigenvalue weighted by atomic mass is 32.2. The Morgan fingerprint density at radius 2 is 1.81 bits per heavy atom. The van der Waals surface area contributed by atoms with Crippen molar-refractivity contribution in [3.63, 3.8) is 0 Å². The van der Waals surface area contributed by atoms with Crippen LogP contribution >= 0.6 is 0 Å². The zero-order valence-corrected chi connectivity index (χ0v) is 15.3. The zero-order valence-electron chi connectivity index (χ0n) is 14.5. The van der Waals surface area contributed by atoms with E-state index in [1.165, 1.54) is 18.2 Å². The summed E-state index contributed by atoms with van der Waals surface area (Å²) in [5.74, 6) is -3.81. The van der Waals surface area contributed by atoms with E-state index in [0.29, 0.717) is 15.9 Å². The monoisotopic (exact) mass is 397 g/mol. The molecule has 2 aromatic rings. The second-order valence-corrected chi connectivity index (χ2v) is 7.67. The van der Waals surface area contributed by atoms with Gasteiger partial charge in [-0.2, -0.15) is 0 Å². The van der Waals surface area contributed by atoms with Crippen molar-refractivity contribution in [3.05, 3.63) is 59.2 Å². The molecule has 0 saturated carbocycles. The Hall–Kier alpha value is -3.01. The molecule has 0 bridgehead atoms. The van der Waals surface area contributed by atoms with Crippen LogP contribution in [0.2, 0.25) is 0 Å². The van der Waals surface area contributed by atoms with Gasteiger partial charge in [-0.1, -0.05) is 6.07 Å². The van der Waals surface area contributed by atoms with Gasteiger partial charge in [-0.05, 0) is 36.8 Å². The molecule has 27 heavy (non-hydrogen) atoms. The van der Waals surface area contributed by atoms with Crippen LogP contribution in [0.15, 0.2) is 36.4 Å². The van der Waals surface area contributed by atoms with E-state index >= 15 is 0 Å². The number of amides is 2. The molecule has 2 rings (SSSR count). The number of hydrogen-bond donors (Lipinski definition) is 2. The highest BCUT2D eigenvalue weighted by Gasteiger charge is 2.22. The van der Waals surface area contributed by atoms with E-state index in [1.807, 2.05) is 0 Å². The van der Waals surface area contributed by atoms with E-state index in [1.54, 1.807) is 6.92 Å². The first-order valence-electron chi connectivity index (χ1n) is 7.62. The summed E-state index contributed by atoms with van der Waals surface area (Å²) >= 11 is 0. The molecule has 0 aliphatic rings. The van der Waals surface area contributed by atoms with Crippen molar-refractivity contribution < 1.29 is 26.8 Å². The maximum Gasteiger partial charge on any atom is 0.249 e. The normalized spacial score (nSPS) is 11.1. The number of sulfonamides is 1. The second kappa shape index (κ2) is 7.70. The van der Waals surface area contributed by atoms with Crippen LogP contribution in [0.5, 0.6) is 0 Å². The maximum absolute atomic E-state index is 13.4. The van der Waals surface area contributed by atoms with Gasteiger partial charge in [0.25, 0.3) is 0 Å². The number of primary amides is 1. The molecule has 0 saturated heterocycles. The molecule has 0 unspecified atom stereocenters. The number of nitrogens with one attached hydrogen (secondary N) is 1. The number of halogens is 2. The SMILES string of the molecule is Cc1c(NC(=O)CN(c2ccc(F)c(F)c2)S(C)(=O)=O)cccc1C(N)=O. The van der Waals surface area contributed by atoms with Crippen LogP contribution in [0.3, 0.4) is 0 Å². The van der Waals surface area contributed by atoms with Crippen LogP contribution in [0.4, 0.5) is 20.2 Å². The fourth-order valence-electron chi connectivity index (χ4n) is 2.40. The maximum atomic E-state index is 13.4. The van der Waals surface area contributed by atoms with Gasteiger partial charge in [0.2, 0.25) is 21.8 Å². The summed E-state index contributed by atoms with van der Waals surface area (Å²) in [6.07, 6.45) is 0.834. The van der Waals surface area contributed by atoms with Gasteiger partial charge in [0, 0.05) is 17.3 Å². The lowest BCUT2D eigenvalue weighted by atomic mass is 10.1. The van der Waals surface area contributed by atoms with Crippen LogP contribution < -0.4 is 15.4 Å². The summed E-state index contributed by atoms with van der Waals surface area (Å²) in [4.78, 5) is 23.7. The quantitative estimate of drug-likeness (QED) is 0.774. The molecule has 144 valence electrons. The van der Waals surface area contributed by atoms with Crippen LogP contribution in [0, 0.1) is 18.6 Å². The van der Waals surface area contributed by atoms with Crippen LogP contribution in [0.25, 0.3) is 0 Å². The van der Waals surface area contributed by atoms with Gasteiger partial charge in [0.1, 0.15) is 6.54 Å². The number of rotatable bonds is 6. The van der Waals surface area contributed by atoms with Crippen molar-refractivity contribution in [2.75, 3.05) is 22.4 Å². The summed E-state index contributed by atoms with van der Waals surface area (Å²) in [7, 11) is -3.96. The molecule has 0 spiro atoms. The summed E-state index contributed by atoms with van der Waals surface area (Å²) in [5, 5.41) is 2.48. The molecule has 0 fully saturated rings. The van der Waals surface area contributed by atoms with Crippen molar-refractivity contribution in [2.45, 2.75) is 6.92 Å². The molecule has 7 nitrogen and oxygen atoms in total. The number of nitrogens with two attached hydrogens (primary N) is 1. The van der Waals surface area contributed by atoms with Crippen LogP contribution in [0.1, 0.15) is 15.9 Å². The Balaban J connectivity index is 2.29. The average Bonchev–Trinajstić information content (AvgIpc) is 2.56. The third kappa shape index (κ3) is 4.79. The van der Waals surface area contributed by atoms with Crippen molar-refractivity contribution in [3.8, 4) is 0 Å². The van der Waals surface area contributed by atoms with E-state index < -0.39 is 40.0 Å². The molecule has 10 heteroatoms. The number of carbonyl (C=O) groups is 2. The van der Waals surface area contributed by atoms with Gasteiger partial charge >= 0.3 is 0 Å². The summed E-state index contributed by atoms with van der Waals surface area (Å²) in [6.45, 7) is 0.892. The standard InChI is InChI=1S/C17H17F2N3O4S/c1-10-12(17(20)24)4-3-5-15(10)21-16(23)9-22(27(2,25)26)11-6-7-13(18)14(19)8-11/h3-8H,9H2,1-2H3,(H2,20,24)(H,21,23). The van der Waals surface area contributed by atoms with Crippen molar-refractivity contribution >= 4 is 33.2 Å². The topological polar surface area (TPSA) is 110 Å². The predicted molar refractivity (Wildman–Crippen MR) is 96.9 cm³/mol. The lowest BCUT2D eigenvalue weighted by molar-refractivity contribution is -0.114. The molecule has 0 aromatic heterocycles. The second-order valence-electron chi connectivity index (χ2n) is 5.76. The minimum Gasteiger partial charge on any atom is -0.366 e. The van der Waals surface area contributed by atoms with Crippen molar-refractivity contribution in [1.29, 1.82) is 0 Å². The number of benzene rings is 2. The van der Waals surface area contributed by atoms with E-state index in [2.05, 4.69) is 5.32 Å². The average molecular weight is 397 g/mol. The van der Waals surface area contributed by atoms with E-state index in [9.17, 15) is 26.8 Å². The Kier molecular flexibility index (Phi) is 5.79. The Labute approximate surface area is 154 Å². The largest absolute Gasteiger partial charge is 0.366 e. The molecule has 3 N–H and O–H groups in total. The highest BCUT2D eigenvalue weighted by molar-refractivity contribution is 7.92. The number of nitrogens with zero attached hydrogens (tertiary/aromatic N) is 1. The molecular formula is C17H17F2N3O4S. The fraction of sp³-hybridized carbons (Fsp3) is 0.176. The fourth-order valence-corrected chi connectivity index (χ4v) is 3.25. The summed E-state index contributed by atoms with van der Waals surface area (Å²) < 4.78 is 51.2. The zero-order chi connectivity index (χ0) is 20.4. The van der Waals surface area contributed by atoms with Gasteiger partial charge in [0.15, 0.2) is 11.6 Å². The van der Waals surface area contributed by atoms with Crippen LogP contribution in [-0.2, 0) is 14.8 Å². The third-order valence-electron chi connectivity index (χ3n) is 3.75. The molecule has 0 radical (unpaired) electrons. The minimum atomic E-state index is -3.96. The lowest BCUT2D eigenvalue weighted by Gasteiger charge is -2.22. The first-order valence-corrected chi connectivity index (χ1v) is 9.47. The Morgan fingerprint density at radius 3 is 2.37 bits per heavy atom. The third-order valence-corrected chi connectivity index (χ3v) is 4.89. The van der Waals surface area contributed by atoms with Gasteiger partial charge < -0.3 is 11.1 Å². The van der Waals surface area contributed by atoms with Crippen molar-refractivity contribution in [2.24, 2.45) is 5.73 Å². The van der Waals surface area contributed by atoms with Gasteiger partial charge in [-0.25, -0.2) is 17.2 Å². The molecular weight excluding hydrogens is 380 g/mol. The van der Waals surface area contributed by atoms with Gasteiger partial charge in [0.05, 0.1) is 11.9 Å². The van der Waals surface area contributed by atoms with E-state index in [0.717, 1.165) is 18.4 Å². The highest BCUT2D eigenvalue weighted by Crippen LogP contribution is 2.22. The molecule has 0 aliphatic carbocycles. The van der Waals surface area contributed by atoms with Gasteiger partial charge in [-0.15, -0.1) is 0 Å². The molecule has 2 amide bonds. The number of anilines is 2. The molecule has 2 aromatic carbocycles. The molecule has 0 aliphatic heterocycles. The summed E-state index contributed by atoms with van der Waals surface area (Å²) in [5.41, 5.74) is 5.94. The van der Waals surface area contributed by atoms with Crippen molar-refractivity contribution in [1.82, 2.24) is 0 Å². The first-order chi connectivity index (χ1) is 12.5. The number of carbonyl (C=O) groups excluding carboxylic acids is 2. The smallest absolute Gasteiger partial charge is 0.249 e. The van der Waals surface area contributed by atoms with E-state index in [4.69, 9.17) is 5.73 Å². The number of hydrogen-bond acceptors (Lipinski definition) is 4. The minimum absolute atomic E-state index is 0.200. The molecule has 0 heterocycles. The van der Waals surface area contributed by atoms with E-state index in [-0.39, 0.29) is 16.9 Å². The van der Waals surface area contributed by atoms with Gasteiger partial charge in [-0.3, -0.25) is 13.9 Å². The lowest BCUT2D eigenvalue weighted by Crippen LogP contribution is -2.37. The Bertz CT molecular complexity index is 1010. The molecule has 0 atom stereocenters. The summed E-state index contributed by atoms with van der Waals surface area (Å²) in [6, 6.07) is 7.00. The van der Waals surface area contributed by atoms with Crippen LogP contribution in [-0.4, -0.2) is 33.0 Å².